The SMILES string of the molecule is COC1CC(Nc2ccc(C#N)cn2)C1(C)C. The highest BCUT2D eigenvalue weighted by Gasteiger charge is 2.48. The lowest BCUT2D eigenvalue weighted by Crippen LogP contribution is -2.57. The highest BCUT2D eigenvalue weighted by Crippen LogP contribution is 2.43. The molecule has 0 saturated heterocycles. The molecule has 4 nitrogen and oxygen atoms in total. The molecule has 0 amide bonds. The van der Waals surface area contributed by atoms with Crippen LogP contribution in [0.1, 0.15) is 25.8 Å². The van der Waals surface area contributed by atoms with E-state index in [1.54, 1.807) is 19.4 Å². The standard InChI is InChI=1S/C13H17N3O/c1-13(2)10(6-11(13)17-3)16-12-5-4-9(7-14)8-15-12/h4-5,8,10-11H,6H2,1-3H3,(H,15,16). The van der Waals surface area contributed by atoms with E-state index < -0.39 is 0 Å². The van der Waals surface area contributed by atoms with Gasteiger partial charge in [-0.3, -0.25) is 0 Å². The van der Waals surface area contributed by atoms with E-state index in [9.17, 15) is 0 Å². The number of nitrogens with zero attached hydrogens (tertiary/aromatic N) is 2. The molecule has 2 rings (SSSR count). The number of hydrogen-bond donors (Lipinski definition) is 1. The maximum absolute atomic E-state index is 8.69. The molecule has 1 saturated carbocycles. The Bertz CT molecular complexity index is 433. The van der Waals surface area contributed by atoms with Gasteiger partial charge in [-0.2, -0.15) is 5.26 Å². The number of rotatable bonds is 3. The Hall–Kier alpha value is -1.60. The highest BCUT2D eigenvalue weighted by molar-refractivity contribution is 5.41. The summed E-state index contributed by atoms with van der Waals surface area (Å²) in [5, 5.41) is 12.1. The van der Waals surface area contributed by atoms with E-state index in [0.717, 1.165) is 12.2 Å². The van der Waals surface area contributed by atoms with E-state index in [-0.39, 0.29) is 5.41 Å². The van der Waals surface area contributed by atoms with Gasteiger partial charge in [0.2, 0.25) is 0 Å². The molecule has 17 heavy (non-hydrogen) atoms. The number of anilines is 1. The fourth-order valence-corrected chi connectivity index (χ4v) is 2.25. The first-order chi connectivity index (χ1) is 8.07. The van der Waals surface area contributed by atoms with E-state index in [1.807, 2.05) is 6.07 Å². The van der Waals surface area contributed by atoms with E-state index in [0.29, 0.717) is 17.7 Å². The summed E-state index contributed by atoms with van der Waals surface area (Å²) in [5.41, 5.74) is 0.697. The summed E-state index contributed by atoms with van der Waals surface area (Å²) >= 11 is 0. The molecular formula is C13H17N3O. The van der Waals surface area contributed by atoms with Crippen LogP contribution < -0.4 is 5.32 Å². The predicted octanol–water partition coefficient (Wildman–Crippen LogP) is 2.18. The quantitative estimate of drug-likeness (QED) is 0.866. The van der Waals surface area contributed by atoms with Crippen LogP contribution in [0, 0.1) is 16.7 Å². The predicted molar refractivity (Wildman–Crippen MR) is 65.6 cm³/mol. The number of aromatic nitrogens is 1. The van der Waals surface area contributed by atoms with E-state index in [4.69, 9.17) is 10.00 Å². The number of ether oxygens (including phenoxy) is 1. The number of pyridine rings is 1. The van der Waals surface area contributed by atoms with Crippen LogP contribution in [-0.4, -0.2) is 24.2 Å². The minimum Gasteiger partial charge on any atom is -0.381 e. The minimum atomic E-state index is 0.115. The first-order valence-electron chi connectivity index (χ1n) is 5.73. The lowest BCUT2D eigenvalue weighted by molar-refractivity contribution is -0.0795. The smallest absolute Gasteiger partial charge is 0.126 e. The van der Waals surface area contributed by atoms with Crippen molar-refractivity contribution in [2.75, 3.05) is 12.4 Å². The van der Waals surface area contributed by atoms with Crippen LogP contribution >= 0.6 is 0 Å². The van der Waals surface area contributed by atoms with Crippen molar-refractivity contribution < 1.29 is 4.74 Å². The Kier molecular flexibility index (Phi) is 3.03. The zero-order valence-electron chi connectivity index (χ0n) is 10.4. The fourth-order valence-electron chi connectivity index (χ4n) is 2.25. The van der Waals surface area contributed by atoms with Crippen LogP contribution in [0.5, 0.6) is 0 Å². The van der Waals surface area contributed by atoms with Crippen molar-refractivity contribution in [1.82, 2.24) is 4.98 Å². The van der Waals surface area contributed by atoms with Crippen molar-refractivity contribution >= 4 is 5.82 Å². The molecule has 1 aliphatic carbocycles. The zero-order chi connectivity index (χ0) is 12.5. The van der Waals surface area contributed by atoms with Crippen molar-refractivity contribution in [3.63, 3.8) is 0 Å². The summed E-state index contributed by atoms with van der Waals surface area (Å²) < 4.78 is 5.40. The van der Waals surface area contributed by atoms with Crippen molar-refractivity contribution in [2.45, 2.75) is 32.4 Å². The number of nitrogens with one attached hydrogen (secondary N) is 1. The molecule has 0 aromatic carbocycles. The van der Waals surface area contributed by atoms with E-state index in [2.05, 4.69) is 30.2 Å². The highest BCUT2D eigenvalue weighted by atomic mass is 16.5. The molecule has 0 aliphatic heterocycles. The largest absolute Gasteiger partial charge is 0.381 e. The molecule has 2 unspecified atom stereocenters. The summed E-state index contributed by atoms with van der Waals surface area (Å²) in [4.78, 5) is 4.21. The normalized spacial score (nSPS) is 25.8. The van der Waals surface area contributed by atoms with Gasteiger partial charge in [0.05, 0.1) is 11.7 Å². The van der Waals surface area contributed by atoms with Gasteiger partial charge in [0.15, 0.2) is 0 Å². The second-order valence-corrected chi connectivity index (χ2v) is 5.02. The Morgan fingerprint density at radius 3 is 2.76 bits per heavy atom. The van der Waals surface area contributed by atoms with Crippen molar-refractivity contribution in [1.29, 1.82) is 5.26 Å². The number of hydrogen-bond acceptors (Lipinski definition) is 4. The second kappa shape index (κ2) is 4.34. The molecule has 1 aromatic rings. The first-order valence-corrected chi connectivity index (χ1v) is 5.73. The first kappa shape index (κ1) is 11.9. The zero-order valence-corrected chi connectivity index (χ0v) is 10.4. The molecule has 1 fully saturated rings. The van der Waals surface area contributed by atoms with Crippen LogP contribution in [0.15, 0.2) is 18.3 Å². The Labute approximate surface area is 102 Å². The number of methoxy groups -OCH3 is 1. The van der Waals surface area contributed by atoms with Gasteiger partial charge in [-0.25, -0.2) is 4.98 Å². The molecule has 4 heteroatoms. The molecule has 0 radical (unpaired) electrons. The molecule has 0 spiro atoms. The number of nitriles is 1. The van der Waals surface area contributed by atoms with Gasteiger partial charge in [-0.1, -0.05) is 13.8 Å². The molecule has 2 atom stereocenters. The summed E-state index contributed by atoms with van der Waals surface area (Å²) in [6.07, 6.45) is 2.88. The van der Waals surface area contributed by atoms with E-state index in [1.165, 1.54) is 0 Å². The maximum atomic E-state index is 8.69. The lowest BCUT2D eigenvalue weighted by Gasteiger charge is -2.51. The van der Waals surface area contributed by atoms with Gasteiger partial charge in [-0.15, -0.1) is 0 Å². The van der Waals surface area contributed by atoms with Crippen LogP contribution in [-0.2, 0) is 4.74 Å². The topological polar surface area (TPSA) is 57.9 Å². The average Bonchev–Trinajstić information content (AvgIpc) is 2.34. The van der Waals surface area contributed by atoms with Crippen LogP contribution in [0.3, 0.4) is 0 Å². The van der Waals surface area contributed by atoms with Crippen LogP contribution in [0.25, 0.3) is 0 Å². The molecule has 1 N–H and O–H groups in total. The van der Waals surface area contributed by atoms with Gasteiger partial charge >= 0.3 is 0 Å². The fraction of sp³-hybridized carbons (Fsp3) is 0.538. The molecule has 1 aliphatic rings. The lowest BCUT2D eigenvalue weighted by atomic mass is 9.64. The Morgan fingerprint density at radius 2 is 2.29 bits per heavy atom. The van der Waals surface area contributed by atoms with Gasteiger partial charge in [0, 0.05) is 24.8 Å². The third-order valence-electron chi connectivity index (χ3n) is 3.68. The molecule has 0 bridgehead atoms. The van der Waals surface area contributed by atoms with Gasteiger partial charge < -0.3 is 10.1 Å². The third-order valence-corrected chi connectivity index (χ3v) is 3.68. The maximum Gasteiger partial charge on any atom is 0.126 e. The van der Waals surface area contributed by atoms with Gasteiger partial charge in [0.25, 0.3) is 0 Å². The average molecular weight is 231 g/mol. The van der Waals surface area contributed by atoms with E-state index >= 15 is 0 Å². The van der Waals surface area contributed by atoms with Crippen LogP contribution in [0.2, 0.25) is 0 Å². The molecular weight excluding hydrogens is 214 g/mol. The van der Waals surface area contributed by atoms with Gasteiger partial charge in [-0.05, 0) is 18.6 Å². The monoisotopic (exact) mass is 231 g/mol. The minimum absolute atomic E-state index is 0.115. The summed E-state index contributed by atoms with van der Waals surface area (Å²) in [6.45, 7) is 4.37. The van der Waals surface area contributed by atoms with Gasteiger partial charge in [0.1, 0.15) is 11.9 Å². The second-order valence-electron chi connectivity index (χ2n) is 5.02. The summed E-state index contributed by atoms with van der Waals surface area (Å²) in [7, 11) is 1.75. The molecule has 1 heterocycles. The summed E-state index contributed by atoms with van der Waals surface area (Å²) in [5.74, 6) is 0.816. The van der Waals surface area contributed by atoms with Crippen molar-refractivity contribution in [3.8, 4) is 6.07 Å². The summed E-state index contributed by atoms with van der Waals surface area (Å²) in [6, 6.07) is 6.04. The molecule has 1 aromatic heterocycles. The third kappa shape index (κ3) is 2.11. The Balaban J connectivity index is 2.01. The van der Waals surface area contributed by atoms with Crippen molar-refractivity contribution in [3.05, 3.63) is 23.9 Å². The van der Waals surface area contributed by atoms with Crippen LogP contribution in [0.4, 0.5) is 5.82 Å². The Morgan fingerprint density at radius 1 is 1.53 bits per heavy atom. The molecule has 90 valence electrons. The van der Waals surface area contributed by atoms with Crippen molar-refractivity contribution in [2.24, 2.45) is 5.41 Å².